The molecule has 2 aromatic carbocycles. The van der Waals surface area contributed by atoms with E-state index in [1.165, 1.54) is 6.33 Å². The molecule has 42 heavy (non-hydrogen) atoms. The molecule has 2 aliphatic rings. The quantitative estimate of drug-likeness (QED) is 0.255. The lowest BCUT2D eigenvalue weighted by molar-refractivity contribution is 0.0123. The predicted molar refractivity (Wildman–Crippen MR) is 159 cm³/mol. The third-order valence-electron chi connectivity index (χ3n) is 8.00. The van der Waals surface area contributed by atoms with E-state index in [4.69, 9.17) is 14.2 Å². The van der Waals surface area contributed by atoms with Crippen LogP contribution in [0.25, 0.3) is 32.9 Å². The molecule has 0 saturated carbocycles. The molecule has 0 aliphatic carbocycles. The molecule has 6 rings (SSSR count). The highest BCUT2D eigenvalue weighted by Gasteiger charge is 2.45. The molecule has 220 valence electrons. The SMILES string of the molecule is CCc1cccc2cc(OCOC)cc(-c3ncc4c(N5C[C@@H]6CC[C@@H](C5)N6C(=O)OC(C)(C)C)ncnc4c3F)c12. The van der Waals surface area contributed by atoms with Crippen LogP contribution < -0.4 is 9.64 Å². The van der Waals surface area contributed by atoms with Crippen molar-refractivity contribution in [2.75, 3.05) is 31.9 Å². The number of aromatic nitrogens is 3. The molecular weight excluding hydrogens is 537 g/mol. The van der Waals surface area contributed by atoms with Crippen LogP contribution in [-0.2, 0) is 15.9 Å². The van der Waals surface area contributed by atoms with Gasteiger partial charge in [0.25, 0.3) is 0 Å². The van der Waals surface area contributed by atoms with Gasteiger partial charge in [-0.3, -0.25) is 9.88 Å². The summed E-state index contributed by atoms with van der Waals surface area (Å²) in [7, 11) is 1.56. The van der Waals surface area contributed by atoms with Crippen molar-refractivity contribution >= 4 is 33.6 Å². The maximum absolute atomic E-state index is 16.4. The Morgan fingerprint density at radius 1 is 1.10 bits per heavy atom. The number of hydrogen-bond acceptors (Lipinski definition) is 8. The van der Waals surface area contributed by atoms with Crippen LogP contribution in [0.4, 0.5) is 15.0 Å². The zero-order chi connectivity index (χ0) is 29.6. The number of hydrogen-bond donors (Lipinski definition) is 0. The Hall–Kier alpha value is -4.05. The Labute approximate surface area is 244 Å². The van der Waals surface area contributed by atoms with Gasteiger partial charge in [0.15, 0.2) is 12.6 Å². The van der Waals surface area contributed by atoms with E-state index in [2.05, 4.69) is 26.8 Å². The highest BCUT2D eigenvalue weighted by Crippen LogP contribution is 2.39. The number of piperazine rings is 1. The highest BCUT2D eigenvalue weighted by molar-refractivity contribution is 6.01. The van der Waals surface area contributed by atoms with E-state index < -0.39 is 11.4 Å². The number of carbonyl (C=O) groups excluding carboxylic acids is 1. The van der Waals surface area contributed by atoms with E-state index in [9.17, 15) is 4.79 Å². The predicted octanol–water partition coefficient (Wildman–Crippen LogP) is 6.12. The number of anilines is 1. The van der Waals surface area contributed by atoms with Gasteiger partial charge in [0.2, 0.25) is 0 Å². The van der Waals surface area contributed by atoms with Crippen LogP contribution in [0, 0.1) is 5.82 Å². The lowest BCUT2D eigenvalue weighted by Crippen LogP contribution is -2.57. The smallest absolute Gasteiger partial charge is 0.410 e. The van der Waals surface area contributed by atoms with Crippen molar-refractivity contribution < 1.29 is 23.4 Å². The molecule has 0 spiro atoms. The normalized spacial score (nSPS) is 18.6. The third-order valence-corrected chi connectivity index (χ3v) is 8.00. The summed E-state index contributed by atoms with van der Waals surface area (Å²) in [5, 5.41) is 2.40. The third kappa shape index (κ3) is 5.08. The summed E-state index contributed by atoms with van der Waals surface area (Å²) in [4.78, 5) is 30.5. The van der Waals surface area contributed by atoms with Gasteiger partial charge in [0.1, 0.15) is 34.7 Å². The Kier molecular flexibility index (Phi) is 7.34. The molecule has 1 amide bonds. The van der Waals surface area contributed by atoms with Crippen molar-refractivity contribution in [3.63, 3.8) is 0 Å². The summed E-state index contributed by atoms with van der Waals surface area (Å²) < 4.78 is 33.0. The number of aryl methyl sites for hydroxylation is 1. The summed E-state index contributed by atoms with van der Waals surface area (Å²) in [6.45, 7) is 8.93. The van der Waals surface area contributed by atoms with Gasteiger partial charge in [-0.05, 0) is 68.5 Å². The maximum Gasteiger partial charge on any atom is 0.410 e. The lowest BCUT2D eigenvalue weighted by Gasteiger charge is -2.42. The van der Waals surface area contributed by atoms with Crippen LogP contribution in [0.5, 0.6) is 5.75 Å². The monoisotopic (exact) mass is 573 g/mol. The molecule has 2 fully saturated rings. The van der Waals surface area contributed by atoms with Crippen molar-refractivity contribution in [2.45, 2.75) is 64.6 Å². The number of halogens is 1. The first kappa shape index (κ1) is 28.1. The zero-order valence-corrected chi connectivity index (χ0v) is 24.7. The standard InChI is InChI=1S/C32H36FN5O4/c1-6-19-8-7-9-20-12-23(41-18-40-5)13-24(26(19)20)28-27(33)29-25(14-34-28)30(36-17-35-29)37-15-21-10-11-22(16-37)38(21)31(39)42-32(2,3)4/h7-9,12-14,17,21-22H,6,10-11,15-16,18H2,1-5H3/t21-,22-/m0/s1. The minimum Gasteiger partial charge on any atom is -0.468 e. The van der Waals surface area contributed by atoms with Crippen LogP contribution in [-0.4, -0.2) is 70.6 Å². The summed E-state index contributed by atoms with van der Waals surface area (Å²) in [6.07, 6.45) is 5.33. The minimum absolute atomic E-state index is 0.00522. The molecule has 2 bridgehead atoms. The van der Waals surface area contributed by atoms with Gasteiger partial charge in [-0.2, -0.15) is 0 Å². The first-order valence-corrected chi connectivity index (χ1v) is 14.4. The molecule has 0 radical (unpaired) electrons. The molecule has 9 nitrogen and oxygen atoms in total. The Balaban J connectivity index is 1.39. The summed E-state index contributed by atoms with van der Waals surface area (Å²) in [5.41, 5.74) is 1.58. The van der Waals surface area contributed by atoms with Crippen molar-refractivity contribution in [1.82, 2.24) is 19.9 Å². The topological polar surface area (TPSA) is 89.9 Å². The summed E-state index contributed by atoms with van der Waals surface area (Å²) >= 11 is 0. The molecule has 0 unspecified atom stereocenters. The first-order chi connectivity index (χ1) is 20.2. The molecular formula is C32H36FN5O4. The Morgan fingerprint density at radius 3 is 2.55 bits per heavy atom. The van der Waals surface area contributed by atoms with Gasteiger partial charge >= 0.3 is 6.09 Å². The summed E-state index contributed by atoms with van der Waals surface area (Å²) in [5.74, 6) is 0.674. The Morgan fingerprint density at radius 2 is 1.86 bits per heavy atom. The van der Waals surface area contributed by atoms with Crippen LogP contribution in [0.15, 0.2) is 42.9 Å². The number of amides is 1. The zero-order valence-electron chi connectivity index (χ0n) is 24.7. The van der Waals surface area contributed by atoms with Gasteiger partial charge in [0, 0.05) is 32.0 Å². The number of pyridine rings is 1. The first-order valence-electron chi connectivity index (χ1n) is 14.4. The molecule has 2 saturated heterocycles. The van der Waals surface area contributed by atoms with E-state index in [0.717, 1.165) is 35.6 Å². The molecule has 2 aliphatic heterocycles. The lowest BCUT2D eigenvalue weighted by atomic mass is 9.95. The molecule has 2 atom stereocenters. The number of carbonyl (C=O) groups is 1. The fourth-order valence-corrected chi connectivity index (χ4v) is 6.28. The van der Waals surface area contributed by atoms with E-state index in [1.54, 1.807) is 13.3 Å². The van der Waals surface area contributed by atoms with Gasteiger partial charge in [-0.1, -0.05) is 25.1 Å². The maximum atomic E-state index is 16.4. The van der Waals surface area contributed by atoms with Crippen molar-refractivity contribution in [2.24, 2.45) is 0 Å². The minimum atomic E-state index is -0.559. The average Bonchev–Trinajstić information content (AvgIpc) is 3.24. The van der Waals surface area contributed by atoms with Crippen molar-refractivity contribution in [3.05, 3.63) is 54.2 Å². The molecule has 0 N–H and O–H groups in total. The number of ether oxygens (including phenoxy) is 3. The second kappa shape index (κ2) is 11.0. The van der Waals surface area contributed by atoms with Gasteiger partial charge in [-0.25, -0.2) is 19.2 Å². The van der Waals surface area contributed by atoms with Gasteiger partial charge < -0.3 is 19.1 Å². The van der Waals surface area contributed by atoms with Crippen molar-refractivity contribution in [1.29, 1.82) is 0 Å². The second-order valence-electron chi connectivity index (χ2n) is 11.9. The fourth-order valence-electron chi connectivity index (χ4n) is 6.28. The molecule has 2 aromatic heterocycles. The van der Waals surface area contributed by atoms with Crippen LogP contribution >= 0.6 is 0 Å². The largest absolute Gasteiger partial charge is 0.468 e. The van der Waals surface area contributed by atoms with Crippen LogP contribution in [0.2, 0.25) is 0 Å². The van der Waals surface area contributed by atoms with Crippen LogP contribution in [0.3, 0.4) is 0 Å². The van der Waals surface area contributed by atoms with E-state index >= 15 is 4.39 Å². The van der Waals surface area contributed by atoms with E-state index in [1.807, 2.05) is 56.0 Å². The fraction of sp³-hybridized carbons (Fsp3) is 0.438. The number of rotatable bonds is 6. The number of methoxy groups -OCH3 is 1. The van der Waals surface area contributed by atoms with Crippen molar-refractivity contribution in [3.8, 4) is 17.0 Å². The molecule has 10 heteroatoms. The number of nitrogens with zero attached hydrogens (tertiary/aromatic N) is 5. The van der Waals surface area contributed by atoms with E-state index in [-0.39, 0.29) is 36.2 Å². The number of benzene rings is 2. The second-order valence-corrected chi connectivity index (χ2v) is 11.9. The number of fused-ring (bicyclic) bond motifs is 4. The molecule has 4 aromatic rings. The molecule has 4 heterocycles. The average molecular weight is 574 g/mol. The van der Waals surface area contributed by atoms with Gasteiger partial charge in [0.05, 0.1) is 17.5 Å². The Bertz CT molecular complexity index is 1640. The summed E-state index contributed by atoms with van der Waals surface area (Å²) in [6, 6.07) is 9.76. The van der Waals surface area contributed by atoms with Gasteiger partial charge in [-0.15, -0.1) is 0 Å². The highest BCUT2D eigenvalue weighted by atomic mass is 19.1. The van der Waals surface area contributed by atoms with E-state index in [0.29, 0.717) is 35.6 Å². The van der Waals surface area contributed by atoms with Crippen LogP contribution in [0.1, 0.15) is 46.1 Å².